The Balaban J connectivity index is 1.74. The fourth-order valence-corrected chi connectivity index (χ4v) is 2.52. The molecule has 0 spiro atoms. The van der Waals surface area contributed by atoms with Gasteiger partial charge in [-0.15, -0.1) is 0 Å². The van der Waals surface area contributed by atoms with Crippen molar-refractivity contribution in [3.63, 3.8) is 0 Å². The predicted molar refractivity (Wildman–Crippen MR) is 71.4 cm³/mol. The summed E-state index contributed by atoms with van der Waals surface area (Å²) in [6.45, 7) is 1.45. The lowest BCUT2D eigenvalue weighted by Crippen LogP contribution is -2.35. The molecule has 1 aliphatic heterocycles. The molecule has 0 bridgehead atoms. The van der Waals surface area contributed by atoms with Crippen molar-refractivity contribution in [2.45, 2.75) is 18.9 Å². The van der Waals surface area contributed by atoms with Gasteiger partial charge in [0.2, 0.25) is 5.82 Å². The molecule has 0 unspecified atom stereocenters. The maximum Gasteiger partial charge on any atom is 0.311 e. The van der Waals surface area contributed by atoms with E-state index in [2.05, 4.69) is 15.1 Å². The van der Waals surface area contributed by atoms with Crippen molar-refractivity contribution in [1.82, 2.24) is 19.7 Å². The molecule has 1 aliphatic rings. The van der Waals surface area contributed by atoms with Gasteiger partial charge in [-0.05, 0) is 18.9 Å². The summed E-state index contributed by atoms with van der Waals surface area (Å²) in [7, 11) is 0. The summed E-state index contributed by atoms with van der Waals surface area (Å²) >= 11 is 0. The van der Waals surface area contributed by atoms with E-state index in [1.54, 1.807) is 18.6 Å². The molecular formula is C12H14N6O2. The van der Waals surface area contributed by atoms with E-state index < -0.39 is 0 Å². The van der Waals surface area contributed by atoms with E-state index in [0.29, 0.717) is 11.9 Å². The minimum absolute atomic E-state index is 0.0618. The number of nitro groups is 1. The van der Waals surface area contributed by atoms with Crippen LogP contribution >= 0.6 is 0 Å². The first kappa shape index (κ1) is 12.5. The van der Waals surface area contributed by atoms with Crippen molar-refractivity contribution in [3.8, 4) is 0 Å². The second-order valence-corrected chi connectivity index (χ2v) is 4.70. The van der Waals surface area contributed by atoms with Gasteiger partial charge in [-0.3, -0.25) is 10.1 Å². The Morgan fingerprint density at radius 3 is 2.80 bits per heavy atom. The Bertz CT molecular complexity index is 592. The number of aromatic nitrogens is 4. The van der Waals surface area contributed by atoms with Gasteiger partial charge in [0.05, 0.1) is 11.0 Å². The third-order valence-corrected chi connectivity index (χ3v) is 3.54. The van der Waals surface area contributed by atoms with E-state index >= 15 is 0 Å². The highest BCUT2D eigenvalue weighted by molar-refractivity contribution is 5.57. The summed E-state index contributed by atoms with van der Waals surface area (Å²) in [6, 6.07) is 3.38. The summed E-state index contributed by atoms with van der Waals surface area (Å²) < 4.78 is 1.85. The Hall–Kier alpha value is -2.51. The van der Waals surface area contributed by atoms with Crippen LogP contribution in [0, 0.1) is 10.1 Å². The maximum atomic E-state index is 11.0. The van der Waals surface area contributed by atoms with E-state index in [9.17, 15) is 10.1 Å². The zero-order chi connectivity index (χ0) is 13.9. The lowest BCUT2D eigenvalue weighted by atomic mass is 10.1. The Morgan fingerprint density at radius 2 is 2.15 bits per heavy atom. The van der Waals surface area contributed by atoms with Gasteiger partial charge < -0.3 is 4.90 Å². The summed E-state index contributed by atoms with van der Waals surface area (Å²) in [5.41, 5.74) is 0.0618. The number of anilines is 1. The van der Waals surface area contributed by atoms with Crippen molar-refractivity contribution < 1.29 is 4.92 Å². The minimum atomic E-state index is -0.383. The average molecular weight is 274 g/mol. The van der Waals surface area contributed by atoms with E-state index in [1.165, 1.54) is 12.4 Å². The number of nitrogens with zero attached hydrogens (tertiary/aromatic N) is 6. The zero-order valence-electron chi connectivity index (χ0n) is 10.8. The highest BCUT2D eigenvalue weighted by Gasteiger charge is 2.26. The number of hydrogen-bond acceptors (Lipinski definition) is 6. The largest absolute Gasteiger partial charge is 0.351 e. The molecule has 8 heteroatoms. The van der Waals surface area contributed by atoms with Gasteiger partial charge in [-0.2, -0.15) is 5.10 Å². The normalized spacial score (nSPS) is 16.3. The number of hydrogen-bond donors (Lipinski definition) is 0. The molecule has 2 aromatic rings. The molecule has 0 atom stereocenters. The molecule has 1 saturated heterocycles. The summed E-state index contributed by atoms with van der Waals surface area (Å²) in [6.07, 6.45) is 6.57. The Kier molecular flexibility index (Phi) is 3.28. The fourth-order valence-electron chi connectivity index (χ4n) is 2.52. The van der Waals surface area contributed by atoms with Gasteiger partial charge in [0.25, 0.3) is 0 Å². The third kappa shape index (κ3) is 2.31. The maximum absolute atomic E-state index is 11.0. The van der Waals surface area contributed by atoms with Crippen molar-refractivity contribution in [2.75, 3.05) is 18.0 Å². The lowest BCUT2D eigenvalue weighted by Gasteiger charge is -2.32. The molecule has 0 aromatic carbocycles. The summed E-state index contributed by atoms with van der Waals surface area (Å²) in [4.78, 5) is 20.7. The van der Waals surface area contributed by atoms with Crippen molar-refractivity contribution in [3.05, 3.63) is 41.1 Å². The Morgan fingerprint density at radius 1 is 1.35 bits per heavy atom. The molecule has 0 N–H and O–H groups in total. The molecule has 0 amide bonds. The van der Waals surface area contributed by atoms with Gasteiger partial charge in [-0.1, -0.05) is 0 Å². The van der Waals surface area contributed by atoms with E-state index in [0.717, 1.165) is 25.9 Å². The lowest BCUT2D eigenvalue weighted by molar-refractivity contribution is -0.384. The molecule has 3 rings (SSSR count). The summed E-state index contributed by atoms with van der Waals surface area (Å²) in [5.74, 6) is 0.453. The monoisotopic (exact) mass is 274 g/mol. The molecule has 1 fully saturated rings. The molecule has 0 saturated carbocycles. The first-order chi connectivity index (χ1) is 9.75. The van der Waals surface area contributed by atoms with Gasteiger partial charge >= 0.3 is 5.69 Å². The van der Waals surface area contributed by atoms with Crippen molar-refractivity contribution in [1.29, 1.82) is 0 Å². The van der Waals surface area contributed by atoms with Gasteiger partial charge in [0.15, 0.2) is 0 Å². The van der Waals surface area contributed by atoms with Crippen LogP contribution in [0.15, 0.2) is 31.0 Å². The van der Waals surface area contributed by atoms with Gasteiger partial charge in [0, 0.05) is 25.4 Å². The molecule has 8 nitrogen and oxygen atoms in total. The number of rotatable bonds is 3. The first-order valence-corrected chi connectivity index (χ1v) is 6.44. The molecule has 20 heavy (non-hydrogen) atoms. The van der Waals surface area contributed by atoms with Crippen molar-refractivity contribution >= 4 is 11.5 Å². The van der Waals surface area contributed by atoms with Crippen molar-refractivity contribution in [2.24, 2.45) is 0 Å². The van der Waals surface area contributed by atoms with Crippen LogP contribution in [0.2, 0.25) is 0 Å². The predicted octanol–water partition coefficient (Wildman–Crippen LogP) is 1.42. The van der Waals surface area contributed by atoms with Crippen LogP contribution in [-0.4, -0.2) is 37.8 Å². The number of piperidine rings is 1. The topological polar surface area (TPSA) is 90.0 Å². The van der Waals surface area contributed by atoms with Crippen LogP contribution in [0.5, 0.6) is 0 Å². The van der Waals surface area contributed by atoms with Crippen LogP contribution in [0.25, 0.3) is 0 Å². The van der Waals surface area contributed by atoms with Crippen LogP contribution in [0.4, 0.5) is 11.5 Å². The second kappa shape index (κ2) is 5.24. The summed E-state index contributed by atoms with van der Waals surface area (Å²) in [5, 5.41) is 15.2. The highest BCUT2D eigenvalue weighted by Crippen LogP contribution is 2.30. The SMILES string of the molecule is O=[N+]([O-])c1cccnc1N1CCC(n2cncn2)CC1. The molecule has 104 valence electrons. The van der Waals surface area contributed by atoms with E-state index in [4.69, 9.17) is 0 Å². The molecule has 0 radical (unpaired) electrons. The molecule has 2 aromatic heterocycles. The van der Waals surface area contributed by atoms with Gasteiger partial charge in [0.1, 0.15) is 12.7 Å². The van der Waals surface area contributed by atoms with Crippen LogP contribution < -0.4 is 4.90 Å². The van der Waals surface area contributed by atoms with Gasteiger partial charge in [-0.25, -0.2) is 14.6 Å². The fraction of sp³-hybridized carbons (Fsp3) is 0.417. The molecular weight excluding hydrogens is 260 g/mol. The quantitative estimate of drug-likeness (QED) is 0.621. The number of pyridine rings is 1. The minimum Gasteiger partial charge on any atom is -0.351 e. The molecule has 3 heterocycles. The molecule has 0 aliphatic carbocycles. The van der Waals surface area contributed by atoms with Crippen LogP contribution in [0.1, 0.15) is 18.9 Å². The van der Waals surface area contributed by atoms with Crippen LogP contribution in [-0.2, 0) is 0 Å². The smallest absolute Gasteiger partial charge is 0.311 e. The first-order valence-electron chi connectivity index (χ1n) is 6.44. The second-order valence-electron chi connectivity index (χ2n) is 4.70. The van der Waals surface area contributed by atoms with E-state index in [-0.39, 0.29) is 10.6 Å². The highest BCUT2D eigenvalue weighted by atomic mass is 16.6. The van der Waals surface area contributed by atoms with E-state index in [1.807, 2.05) is 9.58 Å². The zero-order valence-corrected chi connectivity index (χ0v) is 10.8. The third-order valence-electron chi connectivity index (χ3n) is 3.54. The standard InChI is InChI=1S/C12H14N6O2/c19-18(20)11-2-1-5-14-12(11)16-6-3-10(4-7-16)17-9-13-8-15-17/h1-2,5,8-10H,3-4,6-7H2. The van der Waals surface area contributed by atoms with Crippen LogP contribution in [0.3, 0.4) is 0 Å². The Labute approximate surface area is 115 Å². The average Bonchev–Trinajstić information content (AvgIpc) is 3.02.